The Balaban J connectivity index is 3.10. The Morgan fingerprint density at radius 3 is 2.47 bits per heavy atom. The van der Waals surface area contributed by atoms with Crippen molar-refractivity contribution in [3.63, 3.8) is 0 Å². The Hall–Kier alpha value is -1.17. The van der Waals surface area contributed by atoms with E-state index in [2.05, 4.69) is 31.2 Å². The van der Waals surface area contributed by atoms with Crippen molar-refractivity contribution in [1.29, 1.82) is 0 Å². The zero-order valence-electron chi connectivity index (χ0n) is 10.9. The molecule has 2 unspecified atom stereocenters. The standard InChI is InChI=1S/C12H22N4O/c1-12(2,3)11(17-4)10(16-14)8-7-15-6-5-9(8)13/h5-7,10-11,16H,14H2,1-4H3,(H2,13,15). The Bertz CT molecular complexity index is 362. The van der Waals surface area contributed by atoms with Crippen LogP contribution in [0.5, 0.6) is 0 Å². The van der Waals surface area contributed by atoms with Crippen LogP contribution in [0.4, 0.5) is 5.69 Å². The first kappa shape index (κ1) is 13.9. The molecule has 1 aromatic heterocycles. The monoisotopic (exact) mass is 238 g/mol. The van der Waals surface area contributed by atoms with Crippen molar-refractivity contribution < 1.29 is 4.74 Å². The summed E-state index contributed by atoms with van der Waals surface area (Å²) in [5.41, 5.74) is 10.2. The van der Waals surface area contributed by atoms with Gasteiger partial charge in [-0.15, -0.1) is 0 Å². The number of hydrazine groups is 1. The third-order valence-corrected chi connectivity index (χ3v) is 2.81. The van der Waals surface area contributed by atoms with E-state index >= 15 is 0 Å². The zero-order chi connectivity index (χ0) is 13.1. The third-order valence-electron chi connectivity index (χ3n) is 2.81. The highest BCUT2D eigenvalue weighted by Gasteiger charge is 2.33. The number of hydrogen-bond donors (Lipinski definition) is 3. The van der Waals surface area contributed by atoms with Crippen molar-refractivity contribution in [3.8, 4) is 0 Å². The van der Waals surface area contributed by atoms with Gasteiger partial charge in [-0.3, -0.25) is 16.3 Å². The van der Waals surface area contributed by atoms with Crippen LogP contribution in [0.2, 0.25) is 0 Å². The van der Waals surface area contributed by atoms with Crippen LogP contribution >= 0.6 is 0 Å². The molecule has 5 heteroatoms. The van der Waals surface area contributed by atoms with E-state index < -0.39 is 0 Å². The molecule has 0 saturated heterocycles. The largest absolute Gasteiger partial charge is 0.398 e. The maximum absolute atomic E-state index is 5.94. The molecule has 0 saturated carbocycles. The van der Waals surface area contributed by atoms with Gasteiger partial charge in [0.2, 0.25) is 0 Å². The molecule has 5 N–H and O–H groups in total. The lowest BCUT2D eigenvalue weighted by atomic mass is 9.82. The van der Waals surface area contributed by atoms with Crippen LogP contribution in [-0.4, -0.2) is 18.2 Å². The lowest BCUT2D eigenvalue weighted by Crippen LogP contribution is -2.44. The molecular formula is C12H22N4O. The van der Waals surface area contributed by atoms with Gasteiger partial charge in [0.25, 0.3) is 0 Å². The summed E-state index contributed by atoms with van der Waals surface area (Å²) >= 11 is 0. The number of ether oxygens (including phenoxy) is 1. The van der Waals surface area contributed by atoms with Crippen LogP contribution in [0.25, 0.3) is 0 Å². The number of methoxy groups -OCH3 is 1. The molecule has 0 aromatic carbocycles. The average molecular weight is 238 g/mol. The molecular weight excluding hydrogens is 216 g/mol. The molecule has 0 aliphatic rings. The zero-order valence-corrected chi connectivity index (χ0v) is 10.9. The van der Waals surface area contributed by atoms with E-state index in [-0.39, 0.29) is 17.6 Å². The Kier molecular flexibility index (Phi) is 4.45. The summed E-state index contributed by atoms with van der Waals surface area (Å²) < 4.78 is 5.55. The molecule has 0 radical (unpaired) electrons. The number of pyridine rings is 1. The summed E-state index contributed by atoms with van der Waals surface area (Å²) in [6.07, 6.45) is 3.28. The predicted molar refractivity (Wildman–Crippen MR) is 69.0 cm³/mol. The van der Waals surface area contributed by atoms with Gasteiger partial charge in [-0.05, 0) is 11.5 Å². The fourth-order valence-electron chi connectivity index (χ4n) is 2.01. The second-order valence-electron chi connectivity index (χ2n) is 5.17. The highest BCUT2D eigenvalue weighted by molar-refractivity contribution is 5.46. The van der Waals surface area contributed by atoms with E-state index in [1.807, 2.05) is 0 Å². The number of anilines is 1. The second kappa shape index (κ2) is 5.44. The highest BCUT2D eigenvalue weighted by Crippen LogP contribution is 2.33. The van der Waals surface area contributed by atoms with Gasteiger partial charge in [-0.2, -0.15) is 0 Å². The molecule has 0 aliphatic carbocycles. The van der Waals surface area contributed by atoms with Gasteiger partial charge in [0, 0.05) is 30.8 Å². The number of nitrogens with zero attached hydrogens (tertiary/aromatic N) is 1. The number of nitrogen functional groups attached to an aromatic ring is 1. The minimum atomic E-state index is -0.186. The van der Waals surface area contributed by atoms with Gasteiger partial charge in [0.15, 0.2) is 0 Å². The van der Waals surface area contributed by atoms with Gasteiger partial charge in [-0.25, -0.2) is 0 Å². The number of nitrogens with one attached hydrogen (secondary N) is 1. The summed E-state index contributed by atoms with van der Waals surface area (Å²) in [7, 11) is 1.67. The van der Waals surface area contributed by atoms with Gasteiger partial charge in [-0.1, -0.05) is 20.8 Å². The molecule has 0 aliphatic heterocycles. The molecule has 1 heterocycles. The lowest BCUT2D eigenvalue weighted by Gasteiger charge is -2.36. The van der Waals surface area contributed by atoms with Crippen LogP contribution in [0.3, 0.4) is 0 Å². The summed E-state index contributed by atoms with van der Waals surface area (Å²) in [6.45, 7) is 6.29. The van der Waals surface area contributed by atoms with Crippen LogP contribution < -0.4 is 17.0 Å². The second-order valence-corrected chi connectivity index (χ2v) is 5.17. The highest BCUT2D eigenvalue weighted by atomic mass is 16.5. The average Bonchev–Trinajstić information content (AvgIpc) is 2.25. The van der Waals surface area contributed by atoms with Crippen molar-refractivity contribution in [2.75, 3.05) is 12.8 Å². The number of aromatic nitrogens is 1. The first-order chi connectivity index (χ1) is 7.91. The minimum Gasteiger partial charge on any atom is -0.398 e. The van der Waals surface area contributed by atoms with E-state index in [0.717, 1.165) is 5.56 Å². The van der Waals surface area contributed by atoms with E-state index in [1.54, 1.807) is 25.6 Å². The maximum Gasteiger partial charge on any atom is 0.0828 e. The van der Waals surface area contributed by atoms with E-state index in [0.29, 0.717) is 5.69 Å². The maximum atomic E-state index is 5.94. The Morgan fingerprint density at radius 1 is 1.41 bits per heavy atom. The quantitative estimate of drug-likeness (QED) is 0.542. The van der Waals surface area contributed by atoms with Crippen molar-refractivity contribution in [3.05, 3.63) is 24.0 Å². The van der Waals surface area contributed by atoms with Crippen LogP contribution in [0.15, 0.2) is 18.5 Å². The van der Waals surface area contributed by atoms with Crippen LogP contribution in [0.1, 0.15) is 32.4 Å². The van der Waals surface area contributed by atoms with Crippen molar-refractivity contribution in [1.82, 2.24) is 10.4 Å². The lowest BCUT2D eigenvalue weighted by molar-refractivity contribution is -0.0119. The van der Waals surface area contributed by atoms with E-state index in [1.165, 1.54) is 0 Å². The van der Waals surface area contributed by atoms with E-state index in [9.17, 15) is 0 Å². The Morgan fingerprint density at radius 2 is 2.06 bits per heavy atom. The first-order valence-electron chi connectivity index (χ1n) is 5.60. The van der Waals surface area contributed by atoms with Crippen molar-refractivity contribution in [2.45, 2.75) is 32.9 Å². The minimum absolute atomic E-state index is 0.0614. The molecule has 0 fully saturated rings. The summed E-state index contributed by atoms with van der Waals surface area (Å²) in [4.78, 5) is 4.08. The molecule has 1 rings (SSSR count). The van der Waals surface area contributed by atoms with Crippen molar-refractivity contribution >= 4 is 5.69 Å². The molecule has 5 nitrogen and oxygen atoms in total. The predicted octanol–water partition coefficient (Wildman–Crippen LogP) is 1.23. The third kappa shape index (κ3) is 3.15. The number of nitrogens with two attached hydrogens (primary N) is 2. The van der Waals surface area contributed by atoms with E-state index in [4.69, 9.17) is 16.3 Å². The molecule has 96 valence electrons. The normalized spacial score (nSPS) is 15.6. The number of rotatable bonds is 4. The SMILES string of the molecule is COC(C(NN)c1cnccc1N)C(C)(C)C. The fraction of sp³-hybridized carbons (Fsp3) is 0.583. The summed E-state index contributed by atoms with van der Waals surface area (Å²) in [6, 6.07) is 1.57. The molecule has 0 amide bonds. The molecule has 2 atom stereocenters. The van der Waals surface area contributed by atoms with Gasteiger partial charge in [0.05, 0.1) is 12.1 Å². The first-order valence-corrected chi connectivity index (χ1v) is 5.60. The molecule has 1 aromatic rings. The van der Waals surface area contributed by atoms with Crippen LogP contribution in [0, 0.1) is 5.41 Å². The van der Waals surface area contributed by atoms with Crippen molar-refractivity contribution in [2.24, 2.45) is 11.3 Å². The van der Waals surface area contributed by atoms with Crippen LogP contribution in [-0.2, 0) is 4.74 Å². The smallest absolute Gasteiger partial charge is 0.0828 e. The molecule has 17 heavy (non-hydrogen) atoms. The van der Waals surface area contributed by atoms with Gasteiger partial charge in [0.1, 0.15) is 0 Å². The summed E-state index contributed by atoms with van der Waals surface area (Å²) in [5.74, 6) is 5.63. The molecule has 0 spiro atoms. The van der Waals surface area contributed by atoms with Gasteiger partial charge >= 0.3 is 0 Å². The molecule has 0 bridgehead atoms. The topological polar surface area (TPSA) is 86.2 Å². The number of hydrogen-bond acceptors (Lipinski definition) is 5. The van der Waals surface area contributed by atoms with Gasteiger partial charge < -0.3 is 10.5 Å². The Labute approximate surface area is 103 Å². The fourth-order valence-corrected chi connectivity index (χ4v) is 2.01. The summed E-state index contributed by atoms with van der Waals surface area (Å²) in [5, 5.41) is 0.